The molecule has 0 saturated heterocycles. The van der Waals surface area contributed by atoms with Crippen LogP contribution in [0.3, 0.4) is 0 Å². The second-order valence-electron chi connectivity index (χ2n) is 3.96. The molecule has 0 unspecified atom stereocenters. The SMILES string of the molecule is CCN(CCC(=O)O)C(=O)Nc1ccc(C#N)cc1Br. The number of carboxylic acids is 1. The zero-order chi connectivity index (χ0) is 15.1. The maximum absolute atomic E-state index is 12.0. The highest BCUT2D eigenvalue weighted by atomic mass is 79.9. The van der Waals surface area contributed by atoms with Crippen molar-refractivity contribution in [2.45, 2.75) is 13.3 Å². The first kappa shape index (κ1) is 16.0. The Labute approximate surface area is 125 Å². The Morgan fingerprint density at radius 1 is 1.50 bits per heavy atom. The minimum absolute atomic E-state index is 0.101. The standard InChI is InChI=1S/C13H14BrN3O3/c1-2-17(6-5-12(18)19)13(20)16-11-4-3-9(8-15)7-10(11)14/h3-4,7H,2,5-6H2,1H3,(H,16,20)(H,18,19). The lowest BCUT2D eigenvalue weighted by molar-refractivity contribution is -0.137. The maximum Gasteiger partial charge on any atom is 0.321 e. The Morgan fingerprint density at radius 2 is 2.20 bits per heavy atom. The molecule has 0 aliphatic rings. The molecular formula is C13H14BrN3O3. The lowest BCUT2D eigenvalue weighted by atomic mass is 10.2. The summed E-state index contributed by atoms with van der Waals surface area (Å²) >= 11 is 3.27. The molecule has 20 heavy (non-hydrogen) atoms. The number of carbonyl (C=O) groups excluding carboxylic acids is 1. The van der Waals surface area contributed by atoms with Gasteiger partial charge in [0.1, 0.15) is 0 Å². The Morgan fingerprint density at radius 3 is 2.70 bits per heavy atom. The van der Waals surface area contributed by atoms with Crippen molar-refractivity contribution in [3.63, 3.8) is 0 Å². The summed E-state index contributed by atoms with van der Waals surface area (Å²) < 4.78 is 0.596. The van der Waals surface area contributed by atoms with E-state index in [1.807, 2.05) is 6.07 Å². The summed E-state index contributed by atoms with van der Waals surface area (Å²) in [5.41, 5.74) is 1.01. The van der Waals surface area contributed by atoms with Crippen molar-refractivity contribution in [1.82, 2.24) is 4.90 Å². The van der Waals surface area contributed by atoms with Gasteiger partial charge >= 0.3 is 12.0 Å². The van der Waals surface area contributed by atoms with E-state index < -0.39 is 5.97 Å². The molecule has 0 atom stereocenters. The summed E-state index contributed by atoms with van der Waals surface area (Å²) in [6.45, 7) is 2.33. The Kier molecular flexibility index (Phi) is 6.00. The van der Waals surface area contributed by atoms with E-state index in [1.54, 1.807) is 25.1 Å². The van der Waals surface area contributed by atoms with Crippen molar-refractivity contribution in [3.05, 3.63) is 28.2 Å². The molecule has 106 valence electrons. The second-order valence-corrected chi connectivity index (χ2v) is 4.81. The number of amides is 2. The first-order valence-electron chi connectivity index (χ1n) is 5.95. The fourth-order valence-electron chi connectivity index (χ4n) is 1.51. The average Bonchev–Trinajstić information content (AvgIpc) is 2.41. The van der Waals surface area contributed by atoms with E-state index in [0.29, 0.717) is 22.3 Å². The van der Waals surface area contributed by atoms with Gasteiger partial charge in [0.05, 0.1) is 23.7 Å². The molecule has 1 aromatic carbocycles. The summed E-state index contributed by atoms with van der Waals surface area (Å²) in [5.74, 6) is -0.948. The number of urea groups is 1. The van der Waals surface area contributed by atoms with Gasteiger partial charge in [-0.25, -0.2) is 4.79 Å². The number of benzene rings is 1. The molecule has 1 aromatic rings. The van der Waals surface area contributed by atoms with Gasteiger partial charge in [0.25, 0.3) is 0 Å². The third-order valence-electron chi connectivity index (χ3n) is 2.60. The molecule has 0 saturated carbocycles. The number of hydrogen-bond acceptors (Lipinski definition) is 3. The van der Waals surface area contributed by atoms with Gasteiger partial charge in [0.15, 0.2) is 0 Å². The van der Waals surface area contributed by atoms with Crippen LogP contribution in [0.4, 0.5) is 10.5 Å². The number of nitrogens with one attached hydrogen (secondary N) is 1. The molecule has 0 fully saturated rings. The van der Waals surface area contributed by atoms with E-state index in [2.05, 4.69) is 21.2 Å². The van der Waals surface area contributed by atoms with Crippen LogP contribution < -0.4 is 5.32 Å². The molecule has 2 amide bonds. The molecule has 0 spiro atoms. The van der Waals surface area contributed by atoms with Crippen molar-refractivity contribution in [2.24, 2.45) is 0 Å². The summed E-state index contributed by atoms with van der Waals surface area (Å²) in [4.78, 5) is 23.9. The van der Waals surface area contributed by atoms with Gasteiger partial charge in [0.2, 0.25) is 0 Å². The van der Waals surface area contributed by atoms with Gasteiger partial charge in [-0.2, -0.15) is 5.26 Å². The lowest BCUT2D eigenvalue weighted by Gasteiger charge is -2.21. The predicted octanol–water partition coefficient (Wildman–Crippen LogP) is 2.65. The number of halogens is 1. The van der Waals surface area contributed by atoms with Gasteiger partial charge < -0.3 is 15.3 Å². The van der Waals surface area contributed by atoms with E-state index in [1.165, 1.54) is 4.90 Å². The number of hydrogen-bond donors (Lipinski definition) is 2. The quantitative estimate of drug-likeness (QED) is 0.862. The zero-order valence-corrected chi connectivity index (χ0v) is 12.5. The number of nitriles is 1. The van der Waals surface area contributed by atoms with Crippen molar-refractivity contribution >= 4 is 33.6 Å². The molecule has 0 heterocycles. The van der Waals surface area contributed by atoms with Crippen LogP contribution in [0.1, 0.15) is 18.9 Å². The number of aliphatic carboxylic acids is 1. The average molecular weight is 340 g/mol. The van der Waals surface area contributed by atoms with Crippen LogP contribution in [-0.2, 0) is 4.79 Å². The van der Waals surface area contributed by atoms with Crippen molar-refractivity contribution in [1.29, 1.82) is 5.26 Å². The van der Waals surface area contributed by atoms with E-state index in [-0.39, 0.29) is 19.0 Å². The molecule has 0 radical (unpaired) electrons. The lowest BCUT2D eigenvalue weighted by Crippen LogP contribution is -2.36. The third-order valence-corrected chi connectivity index (χ3v) is 3.26. The van der Waals surface area contributed by atoms with Crippen LogP contribution in [-0.4, -0.2) is 35.1 Å². The van der Waals surface area contributed by atoms with E-state index in [4.69, 9.17) is 10.4 Å². The normalized spacial score (nSPS) is 9.65. The fraction of sp³-hybridized carbons (Fsp3) is 0.308. The summed E-state index contributed by atoms with van der Waals surface area (Å²) in [5, 5.41) is 20.1. The topological polar surface area (TPSA) is 93.4 Å². The predicted molar refractivity (Wildman–Crippen MR) is 77.4 cm³/mol. The van der Waals surface area contributed by atoms with E-state index in [9.17, 15) is 9.59 Å². The summed E-state index contributed by atoms with van der Waals surface area (Å²) in [6.07, 6.45) is -0.101. The zero-order valence-electron chi connectivity index (χ0n) is 10.9. The molecule has 0 aliphatic carbocycles. The molecule has 0 bridgehead atoms. The van der Waals surface area contributed by atoms with Crippen LogP contribution >= 0.6 is 15.9 Å². The Bertz CT molecular complexity index is 554. The molecule has 0 aromatic heterocycles. The smallest absolute Gasteiger partial charge is 0.321 e. The van der Waals surface area contributed by atoms with Gasteiger partial charge in [0, 0.05) is 17.6 Å². The number of nitrogens with zero attached hydrogens (tertiary/aromatic N) is 2. The highest BCUT2D eigenvalue weighted by molar-refractivity contribution is 9.10. The molecule has 0 aliphatic heterocycles. The minimum Gasteiger partial charge on any atom is -0.481 e. The molecule has 2 N–H and O–H groups in total. The monoisotopic (exact) mass is 339 g/mol. The first-order valence-corrected chi connectivity index (χ1v) is 6.74. The van der Waals surface area contributed by atoms with Crippen molar-refractivity contribution in [2.75, 3.05) is 18.4 Å². The maximum atomic E-state index is 12.0. The van der Waals surface area contributed by atoms with Crippen LogP contribution in [0, 0.1) is 11.3 Å². The summed E-state index contributed by atoms with van der Waals surface area (Å²) in [7, 11) is 0. The van der Waals surface area contributed by atoms with E-state index in [0.717, 1.165) is 0 Å². The third kappa shape index (κ3) is 4.55. The Hall–Kier alpha value is -2.07. The van der Waals surface area contributed by atoms with Gasteiger partial charge in [-0.05, 0) is 41.1 Å². The van der Waals surface area contributed by atoms with Gasteiger partial charge in [-0.1, -0.05) is 0 Å². The summed E-state index contributed by atoms with van der Waals surface area (Å²) in [6, 6.07) is 6.43. The highest BCUT2D eigenvalue weighted by Gasteiger charge is 2.14. The largest absolute Gasteiger partial charge is 0.481 e. The van der Waals surface area contributed by atoms with Crippen molar-refractivity contribution in [3.8, 4) is 6.07 Å². The molecule has 6 nitrogen and oxygen atoms in total. The van der Waals surface area contributed by atoms with Crippen LogP contribution in [0.15, 0.2) is 22.7 Å². The number of rotatable bonds is 5. The highest BCUT2D eigenvalue weighted by Crippen LogP contribution is 2.23. The Balaban J connectivity index is 2.73. The van der Waals surface area contributed by atoms with Crippen LogP contribution in [0.5, 0.6) is 0 Å². The van der Waals surface area contributed by atoms with Gasteiger partial charge in [-0.3, -0.25) is 4.79 Å². The molecule has 7 heteroatoms. The van der Waals surface area contributed by atoms with E-state index >= 15 is 0 Å². The molecule has 1 rings (SSSR count). The van der Waals surface area contributed by atoms with Crippen molar-refractivity contribution < 1.29 is 14.7 Å². The number of carbonyl (C=O) groups is 2. The van der Waals surface area contributed by atoms with Gasteiger partial charge in [-0.15, -0.1) is 0 Å². The van der Waals surface area contributed by atoms with Crippen LogP contribution in [0.25, 0.3) is 0 Å². The number of anilines is 1. The first-order chi connectivity index (χ1) is 9.47. The fourth-order valence-corrected chi connectivity index (χ4v) is 1.99. The molecular weight excluding hydrogens is 326 g/mol. The van der Waals surface area contributed by atoms with Crippen LogP contribution in [0.2, 0.25) is 0 Å². The number of carboxylic acid groups (broad SMARTS) is 1. The minimum atomic E-state index is -0.948. The second kappa shape index (κ2) is 7.50.